The largest absolute Gasteiger partial charge is 0.326 e. The van der Waals surface area contributed by atoms with Crippen molar-refractivity contribution < 1.29 is 9.59 Å². The maximum Gasteiger partial charge on any atom is 0.326 e. The molecular formula is C18H23N3O2. The molecule has 23 heavy (non-hydrogen) atoms. The third kappa shape index (κ3) is 2.34. The lowest BCUT2D eigenvalue weighted by Gasteiger charge is -2.28. The van der Waals surface area contributed by atoms with Crippen LogP contribution in [0, 0.1) is 0 Å². The fourth-order valence-corrected chi connectivity index (χ4v) is 4.23. The molecule has 2 aliphatic heterocycles. The van der Waals surface area contributed by atoms with Gasteiger partial charge in [0, 0.05) is 0 Å². The van der Waals surface area contributed by atoms with E-state index in [1.54, 1.807) is 0 Å². The Morgan fingerprint density at radius 1 is 1.04 bits per heavy atom. The highest BCUT2D eigenvalue weighted by molar-refractivity contribution is 6.07. The maximum atomic E-state index is 13.2. The van der Waals surface area contributed by atoms with Crippen molar-refractivity contribution in [2.45, 2.75) is 44.1 Å². The van der Waals surface area contributed by atoms with Gasteiger partial charge in [-0.2, -0.15) is 0 Å². The van der Waals surface area contributed by atoms with Gasteiger partial charge >= 0.3 is 6.03 Å². The molecule has 1 unspecified atom stereocenters. The van der Waals surface area contributed by atoms with E-state index < -0.39 is 5.54 Å². The van der Waals surface area contributed by atoms with Crippen LogP contribution in [0.5, 0.6) is 0 Å². The molecule has 1 aromatic carbocycles. The van der Waals surface area contributed by atoms with Crippen LogP contribution in [0.1, 0.15) is 43.2 Å². The Labute approximate surface area is 136 Å². The van der Waals surface area contributed by atoms with Gasteiger partial charge in [-0.3, -0.25) is 9.69 Å². The number of hydrogen-bond donors (Lipinski definition) is 1. The molecule has 5 heteroatoms. The normalized spacial score (nSPS) is 28.1. The molecule has 1 aromatic rings. The Hall–Kier alpha value is -1.88. The highest BCUT2D eigenvalue weighted by atomic mass is 16.2. The molecule has 4 rings (SSSR count). The van der Waals surface area contributed by atoms with Crippen LogP contribution in [0.4, 0.5) is 4.79 Å². The first-order valence-corrected chi connectivity index (χ1v) is 8.65. The quantitative estimate of drug-likeness (QED) is 0.852. The summed E-state index contributed by atoms with van der Waals surface area (Å²) in [5, 5.41) is 3.05. The van der Waals surface area contributed by atoms with E-state index in [0.29, 0.717) is 13.1 Å². The number of imide groups is 1. The molecule has 0 bridgehead atoms. The van der Waals surface area contributed by atoms with Gasteiger partial charge in [-0.15, -0.1) is 0 Å². The highest BCUT2D eigenvalue weighted by Gasteiger charge is 2.53. The summed E-state index contributed by atoms with van der Waals surface area (Å²) in [7, 11) is 0. The zero-order chi connectivity index (χ0) is 15.9. The van der Waals surface area contributed by atoms with Crippen LogP contribution in [0.3, 0.4) is 0 Å². The zero-order valence-corrected chi connectivity index (χ0v) is 13.4. The third-order valence-electron chi connectivity index (χ3n) is 5.44. The van der Waals surface area contributed by atoms with Crippen LogP contribution >= 0.6 is 0 Å². The number of nitrogens with one attached hydrogen (secondary N) is 1. The number of aryl methyl sites for hydroxylation is 1. The molecule has 1 N–H and O–H groups in total. The van der Waals surface area contributed by atoms with Crippen LogP contribution in [-0.2, 0) is 16.8 Å². The summed E-state index contributed by atoms with van der Waals surface area (Å²) in [6.45, 7) is 2.37. The number of carbonyl (C=O) groups is 2. The predicted octanol–water partition coefficient (Wildman–Crippen LogP) is 2.21. The van der Waals surface area contributed by atoms with Gasteiger partial charge in [-0.1, -0.05) is 24.3 Å². The molecular weight excluding hydrogens is 290 g/mol. The second kappa shape index (κ2) is 5.64. The summed E-state index contributed by atoms with van der Waals surface area (Å²) >= 11 is 0. The van der Waals surface area contributed by atoms with E-state index in [1.807, 2.05) is 18.2 Å². The molecule has 2 saturated heterocycles. The molecule has 2 heterocycles. The van der Waals surface area contributed by atoms with E-state index >= 15 is 0 Å². The fourth-order valence-electron chi connectivity index (χ4n) is 4.23. The smallest absolute Gasteiger partial charge is 0.319 e. The monoisotopic (exact) mass is 313 g/mol. The summed E-state index contributed by atoms with van der Waals surface area (Å²) in [4.78, 5) is 29.4. The Morgan fingerprint density at radius 3 is 2.65 bits per heavy atom. The van der Waals surface area contributed by atoms with Crippen molar-refractivity contribution in [1.82, 2.24) is 15.1 Å². The van der Waals surface area contributed by atoms with Gasteiger partial charge in [0.25, 0.3) is 5.91 Å². The number of likely N-dealkylation sites (tertiary alicyclic amines) is 1. The third-order valence-corrected chi connectivity index (χ3v) is 5.44. The first-order chi connectivity index (χ1) is 11.2. The van der Waals surface area contributed by atoms with Gasteiger partial charge in [-0.25, -0.2) is 9.69 Å². The van der Waals surface area contributed by atoms with E-state index in [4.69, 9.17) is 0 Å². The molecule has 0 saturated carbocycles. The average Bonchev–Trinajstić information content (AvgIpc) is 3.09. The van der Waals surface area contributed by atoms with Crippen LogP contribution in [0.2, 0.25) is 0 Å². The average molecular weight is 313 g/mol. The first-order valence-electron chi connectivity index (χ1n) is 8.65. The highest BCUT2D eigenvalue weighted by Crippen LogP contribution is 2.39. The number of urea groups is 1. The van der Waals surface area contributed by atoms with E-state index in [0.717, 1.165) is 50.8 Å². The molecule has 5 nitrogen and oxygen atoms in total. The summed E-state index contributed by atoms with van der Waals surface area (Å²) in [5.41, 5.74) is 1.35. The van der Waals surface area contributed by atoms with Crippen molar-refractivity contribution in [2.24, 2.45) is 0 Å². The van der Waals surface area contributed by atoms with Gasteiger partial charge in [0.1, 0.15) is 5.54 Å². The molecule has 1 atom stereocenters. The van der Waals surface area contributed by atoms with Crippen molar-refractivity contribution >= 4 is 11.9 Å². The van der Waals surface area contributed by atoms with Gasteiger partial charge in [-0.05, 0) is 62.7 Å². The summed E-state index contributed by atoms with van der Waals surface area (Å²) in [6, 6.07) is 7.84. The Bertz CT molecular complexity index is 639. The summed E-state index contributed by atoms with van der Waals surface area (Å²) in [6.07, 6.45) is 6.00. The second-order valence-electron chi connectivity index (χ2n) is 6.90. The Morgan fingerprint density at radius 2 is 1.83 bits per heavy atom. The van der Waals surface area contributed by atoms with Crippen LogP contribution < -0.4 is 5.32 Å². The van der Waals surface area contributed by atoms with E-state index in [1.165, 1.54) is 10.5 Å². The predicted molar refractivity (Wildman–Crippen MR) is 86.7 cm³/mol. The Kier molecular flexibility index (Phi) is 3.60. The zero-order valence-electron chi connectivity index (χ0n) is 13.4. The molecule has 122 valence electrons. The SMILES string of the molecule is O=C1NC2(CCCCc3ccccc32)C(=O)N1CN1CCCC1. The number of fused-ring (bicyclic) bond motifs is 2. The van der Waals surface area contributed by atoms with Crippen molar-refractivity contribution in [3.8, 4) is 0 Å². The van der Waals surface area contributed by atoms with E-state index in [2.05, 4.69) is 16.3 Å². The van der Waals surface area contributed by atoms with E-state index in [-0.39, 0.29) is 11.9 Å². The lowest BCUT2D eigenvalue weighted by molar-refractivity contribution is -0.133. The standard InChI is InChI=1S/C18H23N3O2/c22-16-18(10-4-3-8-14-7-1-2-9-15(14)18)19-17(23)21(16)13-20-11-5-6-12-20/h1-2,7,9H,3-6,8,10-13H2,(H,19,23). The molecule has 1 aliphatic carbocycles. The first kappa shape index (κ1) is 14.7. The molecule has 0 radical (unpaired) electrons. The summed E-state index contributed by atoms with van der Waals surface area (Å²) in [5.74, 6) is -0.0660. The number of amides is 3. The molecule has 0 aromatic heterocycles. The molecule has 3 aliphatic rings. The topological polar surface area (TPSA) is 52.7 Å². The van der Waals surface area contributed by atoms with Gasteiger partial charge in [0.15, 0.2) is 0 Å². The number of nitrogens with zero attached hydrogens (tertiary/aromatic N) is 2. The number of rotatable bonds is 2. The molecule has 1 spiro atoms. The minimum atomic E-state index is -0.843. The van der Waals surface area contributed by atoms with Crippen molar-refractivity contribution in [1.29, 1.82) is 0 Å². The van der Waals surface area contributed by atoms with Gasteiger partial charge in [0.05, 0.1) is 6.67 Å². The Balaban J connectivity index is 1.68. The van der Waals surface area contributed by atoms with Crippen LogP contribution in [0.15, 0.2) is 24.3 Å². The maximum absolute atomic E-state index is 13.2. The minimum Gasteiger partial charge on any atom is -0.319 e. The second-order valence-corrected chi connectivity index (χ2v) is 6.90. The van der Waals surface area contributed by atoms with Gasteiger partial charge in [0.2, 0.25) is 0 Å². The lowest BCUT2D eigenvalue weighted by Crippen LogP contribution is -2.45. The lowest BCUT2D eigenvalue weighted by atomic mass is 9.84. The van der Waals surface area contributed by atoms with Crippen LogP contribution in [0.25, 0.3) is 0 Å². The molecule has 3 amide bonds. The van der Waals surface area contributed by atoms with Crippen LogP contribution in [-0.4, -0.2) is 41.5 Å². The number of benzene rings is 1. The number of carbonyl (C=O) groups excluding carboxylic acids is 2. The van der Waals surface area contributed by atoms with Crippen molar-refractivity contribution in [2.75, 3.05) is 19.8 Å². The molecule has 2 fully saturated rings. The fraction of sp³-hybridized carbons (Fsp3) is 0.556. The van der Waals surface area contributed by atoms with Crippen molar-refractivity contribution in [3.63, 3.8) is 0 Å². The van der Waals surface area contributed by atoms with E-state index in [9.17, 15) is 9.59 Å². The minimum absolute atomic E-state index is 0.0660. The van der Waals surface area contributed by atoms with Crippen molar-refractivity contribution in [3.05, 3.63) is 35.4 Å². The summed E-state index contributed by atoms with van der Waals surface area (Å²) < 4.78 is 0. The number of hydrogen-bond acceptors (Lipinski definition) is 3. The van der Waals surface area contributed by atoms with Gasteiger partial charge < -0.3 is 5.32 Å².